The molecule has 2 aromatic heterocycles. The molecule has 1 fully saturated rings. The van der Waals surface area contributed by atoms with Crippen molar-refractivity contribution in [2.45, 2.75) is 57.7 Å². The maximum absolute atomic E-state index is 13.6. The van der Waals surface area contributed by atoms with E-state index in [0.29, 0.717) is 21.4 Å². The highest BCUT2D eigenvalue weighted by molar-refractivity contribution is 7.12. The molecule has 4 rings (SSSR count). The molecule has 1 N–H and O–H groups in total. The molecule has 168 valence electrons. The number of amides is 2. The third-order valence-corrected chi connectivity index (χ3v) is 7.06. The minimum Gasteiger partial charge on any atom is -0.464 e. The van der Waals surface area contributed by atoms with Crippen LogP contribution in [-0.4, -0.2) is 22.8 Å². The number of nitrogens with zero attached hydrogens (tertiary/aromatic N) is 1. The van der Waals surface area contributed by atoms with Crippen LogP contribution in [0.25, 0.3) is 0 Å². The smallest absolute Gasteiger partial charge is 0.265 e. The number of halogens is 1. The molecule has 1 atom stereocenters. The number of carbonyl (C=O) groups is 2. The Hall–Kier alpha value is -2.57. The summed E-state index contributed by atoms with van der Waals surface area (Å²) in [5.41, 5.74) is 0.776. The predicted octanol–water partition coefficient (Wildman–Crippen LogP) is 6.14. The lowest BCUT2D eigenvalue weighted by Gasteiger charge is -2.32. The fraction of sp³-hybridized carbons (Fsp3) is 0.360. The summed E-state index contributed by atoms with van der Waals surface area (Å²) in [7, 11) is 0. The molecule has 1 aliphatic rings. The number of hydrogen-bond acceptors (Lipinski definition) is 4. The normalized spacial score (nSPS) is 15.3. The quantitative estimate of drug-likeness (QED) is 0.451. The average molecular weight is 471 g/mol. The first-order valence-electron chi connectivity index (χ1n) is 11.0. The van der Waals surface area contributed by atoms with Crippen LogP contribution in [0.4, 0.5) is 0 Å². The van der Waals surface area contributed by atoms with Gasteiger partial charge in [-0.05, 0) is 55.0 Å². The lowest BCUT2D eigenvalue weighted by atomic mass is 9.95. The molecule has 2 heterocycles. The van der Waals surface area contributed by atoms with Crippen molar-refractivity contribution in [1.82, 2.24) is 10.2 Å². The van der Waals surface area contributed by atoms with E-state index in [9.17, 15) is 9.59 Å². The van der Waals surface area contributed by atoms with Crippen LogP contribution < -0.4 is 5.32 Å². The van der Waals surface area contributed by atoms with Gasteiger partial charge in [0.25, 0.3) is 11.8 Å². The molecule has 5 nitrogen and oxygen atoms in total. The third-order valence-electron chi connectivity index (χ3n) is 5.83. The molecule has 0 spiro atoms. The van der Waals surface area contributed by atoms with Crippen LogP contribution in [0.1, 0.15) is 64.9 Å². The summed E-state index contributed by atoms with van der Waals surface area (Å²) in [6, 6.07) is 13.8. The topological polar surface area (TPSA) is 62.6 Å². The maximum Gasteiger partial charge on any atom is 0.265 e. The van der Waals surface area contributed by atoms with Crippen LogP contribution in [0.2, 0.25) is 5.02 Å². The zero-order valence-corrected chi connectivity index (χ0v) is 19.6. The predicted molar refractivity (Wildman–Crippen MR) is 127 cm³/mol. The van der Waals surface area contributed by atoms with Crippen LogP contribution in [0, 0.1) is 6.92 Å². The van der Waals surface area contributed by atoms with E-state index < -0.39 is 6.04 Å². The van der Waals surface area contributed by atoms with E-state index in [1.165, 1.54) is 17.8 Å². The standard InChI is InChI=1S/C25H27ClN2O3S/c1-17-13-14-21(31-17)23(24(29)27-19-9-3-2-4-10-19)28(25(30)22-12-7-15-32-22)16-18-8-5-6-11-20(18)26/h5-8,11-15,19,23H,2-4,9-10,16H2,1H3,(H,27,29). The van der Waals surface area contributed by atoms with Gasteiger partial charge in [0.2, 0.25) is 0 Å². The minimum absolute atomic E-state index is 0.119. The summed E-state index contributed by atoms with van der Waals surface area (Å²) >= 11 is 7.78. The molecule has 0 bridgehead atoms. The molecule has 1 unspecified atom stereocenters. The monoisotopic (exact) mass is 470 g/mol. The van der Waals surface area contributed by atoms with Gasteiger partial charge in [-0.25, -0.2) is 0 Å². The van der Waals surface area contributed by atoms with Gasteiger partial charge in [0, 0.05) is 17.6 Å². The number of furan rings is 1. The van der Waals surface area contributed by atoms with Crippen molar-refractivity contribution < 1.29 is 14.0 Å². The number of nitrogens with one attached hydrogen (secondary N) is 1. The number of thiophene rings is 1. The summed E-state index contributed by atoms with van der Waals surface area (Å²) in [5.74, 6) is 0.700. The van der Waals surface area contributed by atoms with Gasteiger partial charge in [-0.15, -0.1) is 11.3 Å². The van der Waals surface area contributed by atoms with Crippen LogP contribution >= 0.6 is 22.9 Å². The second kappa shape index (κ2) is 10.4. The molecule has 32 heavy (non-hydrogen) atoms. The Labute approximate surface area is 197 Å². The molecule has 1 aromatic carbocycles. The second-order valence-electron chi connectivity index (χ2n) is 8.20. The Bertz CT molecular complexity index is 1060. The maximum atomic E-state index is 13.6. The van der Waals surface area contributed by atoms with Crippen molar-refractivity contribution in [3.05, 3.63) is 80.9 Å². The fourth-order valence-electron chi connectivity index (χ4n) is 4.18. The largest absolute Gasteiger partial charge is 0.464 e. The summed E-state index contributed by atoms with van der Waals surface area (Å²) in [4.78, 5) is 29.4. The number of carbonyl (C=O) groups excluding carboxylic acids is 2. The number of benzene rings is 1. The van der Waals surface area contributed by atoms with Gasteiger partial charge in [0.05, 0.1) is 4.88 Å². The first-order valence-corrected chi connectivity index (χ1v) is 12.2. The van der Waals surface area contributed by atoms with Gasteiger partial charge < -0.3 is 14.6 Å². The molecule has 7 heteroatoms. The molecular weight excluding hydrogens is 444 g/mol. The van der Waals surface area contributed by atoms with Crippen molar-refractivity contribution in [1.29, 1.82) is 0 Å². The lowest BCUT2D eigenvalue weighted by Crippen LogP contribution is -2.46. The van der Waals surface area contributed by atoms with Gasteiger partial charge in [-0.2, -0.15) is 0 Å². The summed E-state index contributed by atoms with van der Waals surface area (Å²) < 4.78 is 5.89. The van der Waals surface area contributed by atoms with Crippen LogP contribution in [0.15, 0.2) is 58.3 Å². The summed E-state index contributed by atoms with van der Waals surface area (Å²) in [5, 5.41) is 5.60. The van der Waals surface area contributed by atoms with E-state index in [2.05, 4.69) is 5.32 Å². The Morgan fingerprint density at radius 3 is 2.56 bits per heavy atom. The van der Waals surface area contributed by atoms with E-state index >= 15 is 0 Å². The summed E-state index contributed by atoms with van der Waals surface area (Å²) in [6.07, 6.45) is 5.32. The van der Waals surface area contributed by atoms with E-state index in [-0.39, 0.29) is 24.4 Å². The van der Waals surface area contributed by atoms with Gasteiger partial charge >= 0.3 is 0 Å². The lowest BCUT2D eigenvalue weighted by molar-refractivity contribution is -0.127. The molecule has 0 saturated heterocycles. The summed E-state index contributed by atoms with van der Waals surface area (Å²) in [6.45, 7) is 2.03. The molecular formula is C25H27ClN2O3S. The van der Waals surface area contributed by atoms with Crippen molar-refractivity contribution in [3.63, 3.8) is 0 Å². The molecule has 1 aliphatic carbocycles. The SMILES string of the molecule is Cc1ccc(C(C(=O)NC2CCCCC2)N(Cc2ccccc2Cl)C(=O)c2cccs2)o1. The first kappa shape index (κ1) is 22.6. The van der Waals surface area contributed by atoms with E-state index in [1.54, 1.807) is 23.1 Å². The van der Waals surface area contributed by atoms with Crippen molar-refractivity contribution in [2.24, 2.45) is 0 Å². The number of aryl methyl sites for hydroxylation is 1. The Morgan fingerprint density at radius 1 is 1.12 bits per heavy atom. The highest BCUT2D eigenvalue weighted by atomic mass is 35.5. The van der Waals surface area contributed by atoms with Crippen molar-refractivity contribution in [2.75, 3.05) is 0 Å². The van der Waals surface area contributed by atoms with Crippen LogP contribution in [0.5, 0.6) is 0 Å². The average Bonchev–Trinajstić information content (AvgIpc) is 3.47. The third kappa shape index (κ3) is 5.25. The van der Waals surface area contributed by atoms with Crippen molar-refractivity contribution in [3.8, 4) is 0 Å². The van der Waals surface area contributed by atoms with Crippen LogP contribution in [0.3, 0.4) is 0 Å². The Kier molecular flexibility index (Phi) is 7.33. The van der Waals surface area contributed by atoms with Gasteiger partial charge in [-0.3, -0.25) is 9.59 Å². The number of rotatable bonds is 7. The Balaban J connectivity index is 1.71. The van der Waals surface area contributed by atoms with E-state index in [0.717, 1.165) is 31.2 Å². The molecule has 1 saturated carbocycles. The zero-order valence-electron chi connectivity index (χ0n) is 18.1. The number of hydrogen-bond donors (Lipinski definition) is 1. The molecule has 2 amide bonds. The van der Waals surface area contributed by atoms with Crippen LogP contribution in [-0.2, 0) is 11.3 Å². The van der Waals surface area contributed by atoms with Gasteiger partial charge in [0.15, 0.2) is 6.04 Å². The highest BCUT2D eigenvalue weighted by Gasteiger charge is 2.36. The molecule has 3 aromatic rings. The Morgan fingerprint density at radius 2 is 1.91 bits per heavy atom. The van der Waals surface area contributed by atoms with E-state index in [1.807, 2.05) is 42.6 Å². The highest BCUT2D eigenvalue weighted by Crippen LogP contribution is 2.30. The van der Waals surface area contributed by atoms with Crippen molar-refractivity contribution >= 4 is 34.8 Å². The second-order valence-corrected chi connectivity index (χ2v) is 9.55. The minimum atomic E-state index is -0.892. The zero-order chi connectivity index (χ0) is 22.5. The van der Waals surface area contributed by atoms with Gasteiger partial charge in [-0.1, -0.05) is 55.1 Å². The molecule has 0 aliphatic heterocycles. The molecule has 0 radical (unpaired) electrons. The van der Waals surface area contributed by atoms with E-state index in [4.69, 9.17) is 16.0 Å². The fourth-order valence-corrected chi connectivity index (χ4v) is 5.06. The van der Waals surface area contributed by atoms with Gasteiger partial charge in [0.1, 0.15) is 11.5 Å². The first-order chi connectivity index (χ1) is 15.5.